The molecule has 0 saturated carbocycles. The van der Waals surface area contributed by atoms with Crippen molar-refractivity contribution in [3.05, 3.63) is 60.2 Å². The highest BCUT2D eigenvalue weighted by Crippen LogP contribution is 2.15. The van der Waals surface area contributed by atoms with Crippen LogP contribution < -0.4 is 10.6 Å². The fraction of sp³-hybridized carbons (Fsp3) is 0.300. The van der Waals surface area contributed by atoms with Crippen LogP contribution in [0.15, 0.2) is 54.6 Å². The molecule has 0 spiro atoms. The van der Waals surface area contributed by atoms with Crippen molar-refractivity contribution in [2.75, 3.05) is 22.1 Å². The van der Waals surface area contributed by atoms with Crippen molar-refractivity contribution in [3.8, 4) is 0 Å². The Morgan fingerprint density at radius 3 is 2.15 bits per heavy atom. The number of aryl methyl sites for hydroxylation is 1. The van der Waals surface area contributed by atoms with Crippen molar-refractivity contribution >= 4 is 33.0 Å². The highest BCUT2D eigenvalue weighted by Gasteiger charge is 2.16. The average molecular weight is 388 g/mol. The molecule has 0 bridgehead atoms. The molecular weight excluding hydrogens is 364 g/mol. The van der Waals surface area contributed by atoms with Gasteiger partial charge in [0.2, 0.25) is 11.8 Å². The lowest BCUT2D eigenvalue weighted by molar-refractivity contribution is -0.116. The molecule has 2 rings (SSSR count). The molecule has 0 saturated heterocycles. The molecule has 0 aliphatic rings. The molecule has 2 amide bonds. The lowest BCUT2D eigenvalue weighted by Crippen LogP contribution is -2.25. The van der Waals surface area contributed by atoms with E-state index in [0.717, 1.165) is 5.56 Å². The van der Waals surface area contributed by atoms with E-state index in [1.54, 1.807) is 31.2 Å². The van der Waals surface area contributed by atoms with Crippen LogP contribution in [0.4, 0.5) is 11.4 Å². The largest absolute Gasteiger partial charge is 0.326 e. The molecule has 2 aromatic rings. The van der Waals surface area contributed by atoms with Gasteiger partial charge < -0.3 is 10.6 Å². The molecule has 7 heteroatoms. The summed E-state index contributed by atoms with van der Waals surface area (Å²) in [6.45, 7) is 1.74. The van der Waals surface area contributed by atoms with Gasteiger partial charge in [-0.05, 0) is 36.6 Å². The Labute approximate surface area is 159 Å². The van der Waals surface area contributed by atoms with E-state index in [2.05, 4.69) is 10.6 Å². The summed E-state index contributed by atoms with van der Waals surface area (Å²) in [5.74, 6) is -1.33. The van der Waals surface area contributed by atoms with E-state index in [0.29, 0.717) is 30.6 Å². The first-order chi connectivity index (χ1) is 12.9. The summed E-state index contributed by atoms with van der Waals surface area (Å²) in [5, 5.41) is 5.26. The summed E-state index contributed by atoms with van der Waals surface area (Å²) in [6.07, 6.45) is 1.47. The summed E-state index contributed by atoms with van der Waals surface area (Å²) < 4.78 is 24.3. The number of benzene rings is 2. The Balaban J connectivity index is 1.85. The molecule has 2 N–H and O–H groups in total. The number of amides is 2. The normalized spacial score (nSPS) is 11.0. The fourth-order valence-corrected chi connectivity index (χ4v) is 3.73. The van der Waals surface area contributed by atoms with Crippen LogP contribution in [0, 0.1) is 0 Å². The van der Waals surface area contributed by atoms with Crippen LogP contribution in [-0.2, 0) is 25.8 Å². The minimum Gasteiger partial charge on any atom is -0.326 e. The maximum absolute atomic E-state index is 12.2. The predicted octanol–water partition coefficient (Wildman–Crippen LogP) is 3.02. The highest BCUT2D eigenvalue weighted by atomic mass is 32.2. The number of sulfone groups is 1. The molecule has 6 nitrogen and oxygen atoms in total. The van der Waals surface area contributed by atoms with Crippen LogP contribution in [-0.4, -0.2) is 31.7 Å². The molecule has 27 heavy (non-hydrogen) atoms. The minimum atomic E-state index is -3.49. The molecule has 144 valence electrons. The van der Waals surface area contributed by atoms with Gasteiger partial charge in [-0.2, -0.15) is 0 Å². The van der Waals surface area contributed by atoms with Crippen LogP contribution in [0.3, 0.4) is 0 Å². The summed E-state index contributed by atoms with van der Waals surface area (Å²) >= 11 is 0. The number of carbonyl (C=O) groups is 2. The molecule has 0 aliphatic carbocycles. The first-order valence-electron chi connectivity index (χ1n) is 8.82. The van der Waals surface area contributed by atoms with Gasteiger partial charge >= 0.3 is 0 Å². The Morgan fingerprint density at radius 1 is 0.889 bits per heavy atom. The quantitative estimate of drug-likeness (QED) is 0.691. The summed E-state index contributed by atoms with van der Waals surface area (Å²) in [4.78, 5) is 23.5. The smallest absolute Gasteiger partial charge is 0.239 e. The lowest BCUT2D eigenvalue weighted by atomic mass is 10.1. The Hall–Kier alpha value is -2.67. The molecule has 0 aromatic heterocycles. The molecule has 0 unspecified atom stereocenters. The van der Waals surface area contributed by atoms with E-state index in [1.807, 2.05) is 30.3 Å². The first-order valence-corrected chi connectivity index (χ1v) is 10.6. The Morgan fingerprint density at radius 2 is 1.52 bits per heavy atom. The van der Waals surface area contributed by atoms with Gasteiger partial charge in [0.05, 0.1) is 5.75 Å². The third-order valence-corrected chi connectivity index (χ3v) is 5.48. The van der Waals surface area contributed by atoms with Crippen molar-refractivity contribution in [1.29, 1.82) is 0 Å². The third kappa shape index (κ3) is 7.62. The van der Waals surface area contributed by atoms with Crippen LogP contribution in [0.1, 0.15) is 25.3 Å². The summed E-state index contributed by atoms with van der Waals surface area (Å²) in [7, 11) is -3.49. The second kappa shape index (κ2) is 9.87. The van der Waals surface area contributed by atoms with Gasteiger partial charge in [-0.3, -0.25) is 9.59 Å². The lowest BCUT2D eigenvalue weighted by Gasteiger charge is -2.09. The van der Waals surface area contributed by atoms with Gasteiger partial charge in [-0.1, -0.05) is 43.3 Å². The maximum atomic E-state index is 12.2. The highest BCUT2D eigenvalue weighted by molar-refractivity contribution is 7.92. The van der Waals surface area contributed by atoms with E-state index in [9.17, 15) is 18.0 Å². The van der Waals surface area contributed by atoms with Crippen molar-refractivity contribution in [3.63, 3.8) is 0 Å². The maximum Gasteiger partial charge on any atom is 0.239 e. The molecule has 0 radical (unpaired) electrons. The molecular formula is C20H24N2O4S. The van der Waals surface area contributed by atoms with E-state index < -0.39 is 21.5 Å². The number of anilines is 2. The van der Waals surface area contributed by atoms with Crippen LogP contribution in [0.5, 0.6) is 0 Å². The van der Waals surface area contributed by atoms with Crippen molar-refractivity contribution in [1.82, 2.24) is 0 Å². The van der Waals surface area contributed by atoms with E-state index in [1.165, 1.54) is 0 Å². The molecule has 0 fully saturated rings. The van der Waals surface area contributed by atoms with E-state index in [-0.39, 0.29) is 11.7 Å². The van der Waals surface area contributed by atoms with Gasteiger partial charge in [-0.25, -0.2) is 8.42 Å². The van der Waals surface area contributed by atoms with Crippen LogP contribution in [0.25, 0.3) is 0 Å². The predicted molar refractivity (Wildman–Crippen MR) is 107 cm³/mol. The van der Waals surface area contributed by atoms with Gasteiger partial charge in [-0.15, -0.1) is 0 Å². The standard InChI is InChI=1S/C20H24N2O4S/c1-2-19(23)21-17-11-6-12-18(14-17)22-20(24)15-27(25,26)13-7-10-16-8-4-3-5-9-16/h3-6,8-9,11-12,14H,2,7,10,13,15H2,1H3,(H,21,23)(H,22,24). The van der Waals surface area contributed by atoms with Gasteiger partial charge in [0.25, 0.3) is 0 Å². The van der Waals surface area contributed by atoms with Gasteiger partial charge in [0.1, 0.15) is 5.75 Å². The number of hydrogen-bond donors (Lipinski definition) is 2. The number of carbonyl (C=O) groups excluding carboxylic acids is 2. The second-order valence-corrected chi connectivity index (χ2v) is 8.40. The molecule has 0 atom stereocenters. The Bertz CT molecular complexity index is 880. The van der Waals surface area contributed by atoms with E-state index in [4.69, 9.17) is 0 Å². The zero-order chi connectivity index (χ0) is 19.7. The topological polar surface area (TPSA) is 92.3 Å². The van der Waals surface area contributed by atoms with Crippen LogP contribution in [0.2, 0.25) is 0 Å². The van der Waals surface area contributed by atoms with Crippen molar-refractivity contribution < 1.29 is 18.0 Å². The minimum absolute atomic E-state index is 0.0398. The summed E-state index contributed by atoms with van der Waals surface area (Å²) in [6, 6.07) is 16.2. The van der Waals surface area contributed by atoms with E-state index >= 15 is 0 Å². The average Bonchev–Trinajstić information content (AvgIpc) is 2.62. The van der Waals surface area contributed by atoms with Gasteiger partial charge in [0, 0.05) is 17.8 Å². The molecule has 2 aromatic carbocycles. The number of rotatable bonds is 9. The molecule has 0 aliphatic heterocycles. The van der Waals surface area contributed by atoms with Crippen molar-refractivity contribution in [2.45, 2.75) is 26.2 Å². The van der Waals surface area contributed by atoms with Gasteiger partial charge in [0.15, 0.2) is 9.84 Å². The fourth-order valence-electron chi connectivity index (χ4n) is 2.53. The first kappa shape index (κ1) is 20.6. The third-order valence-electron chi connectivity index (χ3n) is 3.87. The number of nitrogens with one attached hydrogen (secondary N) is 2. The molecule has 0 heterocycles. The Kier molecular flexibility index (Phi) is 7.55. The zero-order valence-corrected chi connectivity index (χ0v) is 16.1. The monoisotopic (exact) mass is 388 g/mol. The zero-order valence-electron chi connectivity index (χ0n) is 15.3. The second-order valence-electron chi connectivity index (χ2n) is 6.21. The van der Waals surface area contributed by atoms with Crippen molar-refractivity contribution in [2.24, 2.45) is 0 Å². The summed E-state index contributed by atoms with van der Waals surface area (Å²) in [5.41, 5.74) is 2.06. The number of hydrogen-bond acceptors (Lipinski definition) is 4. The SMILES string of the molecule is CCC(=O)Nc1cccc(NC(=O)CS(=O)(=O)CCCc2ccccc2)c1. The van der Waals surface area contributed by atoms with Crippen LogP contribution >= 0.6 is 0 Å².